The second-order valence-corrected chi connectivity index (χ2v) is 0.770. The monoisotopic (exact) mass is 52.0 g/mol. The van der Waals surface area contributed by atoms with Gasteiger partial charge in [-0.1, -0.05) is 0 Å². The molecule has 0 spiro atoms. The lowest BCUT2D eigenvalue weighted by molar-refractivity contribution is 1.24. The van der Waals surface area contributed by atoms with Crippen molar-refractivity contribution in [1.29, 1.82) is 0 Å². The maximum Gasteiger partial charge on any atom is -0.0312 e. The standard InChI is InChI=1S/C4H4/c1-2-4-3-1/h1-4H. The van der Waals surface area contributed by atoms with E-state index in [0.717, 1.165) is 0 Å². The van der Waals surface area contributed by atoms with Gasteiger partial charge in [-0.3, -0.25) is 0 Å². The molecule has 0 bridgehead atoms. The van der Waals surface area contributed by atoms with Crippen LogP contribution in [0.15, 0.2) is 0 Å². The van der Waals surface area contributed by atoms with Crippen LogP contribution < -0.4 is 0 Å². The Bertz CT molecular complexity index is 8.00. The van der Waals surface area contributed by atoms with Crippen molar-refractivity contribution < 1.29 is 0 Å². The molecule has 0 saturated heterocycles. The van der Waals surface area contributed by atoms with Gasteiger partial charge in [-0.2, -0.15) is 0 Å². The molecule has 1 aliphatic rings. The van der Waals surface area contributed by atoms with Crippen LogP contribution >= 0.6 is 0 Å². The first-order chi connectivity index (χ1) is 2.00. The Labute approximate surface area is 26.8 Å². The Balaban J connectivity index is 2.00. The van der Waals surface area contributed by atoms with Gasteiger partial charge in [0.05, 0.1) is 0 Å². The maximum absolute atomic E-state index is 2.00. The van der Waals surface area contributed by atoms with E-state index in [0.29, 0.717) is 0 Å². The van der Waals surface area contributed by atoms with Crippen LogP contribution in [-0.2, 0) is 0 Å². The van der Waals surface area contributed by atoms with Crippen LogP contribution in [0, 0.1) is 25.7 Å². The fraction of sp³-hybridized carbons (Fsp3) is 0. The molecule has 0 heterocycles. The molecule has 0 aromatic carbocycles. The van der Waals surface area contributed by atoms with Crippen molar-refractivity contribution in [2.24, 2.45) is 0 Å². The Morgan fingerprint density at radius 1 is 0.500 bits per heavy atom. The predicted molar refractivity (Wildman–Crippen MR) is 17.2 cm³/mol. The highest BCUT2D eigenvalue weighted by Gasteiger charge is 1.97. The van der Waals surface area contributed by atoms with E-state index in [1.54, 1.807) is 0 Å². The maximum atomic E-state index is 2.00. The van der Waals surface area contributed by atoms with Gasteiger partial charge in [0.15, 0.2) is 0 Å². The third kappa shape index (κ3) is 0.125. The smallest absolute Gasteiger partial charge is 0.0312 e. The molecule has 1 fully saturated rings. The molecule has 0 aromatic rings. The summed E-state index contributed by atoms with van der Waals surface area (Å²) >= 11 is 0. The van der Waals surface area contributed by atoms with Crippen LogP contribution in [0.4, 0.5) is 0 Å². The van der Waals surface area contributed by atoms with Crippen molar-refractivity contribution >= 4 is 0 Å². The van der Waals surface area contributed by atoms with E-state index in [1.165, 1.54) is 0 Å². The van der Waals surface area contributed by atoms with E-state index < -0.39 is 0 Å². The van der Waals surface area contributed by atoms with Crippen LogP contribution in [0.3, 0.4) is 0 Å². The van der Waals surface area contributed by atoms with Gasteiger partial charge in [-0.15, -0.1) is 0 Å². The van der Waals surface area contributed by atoms with E-state index in [1.807, 2.05) is 25.7 Å². The van der Waals surface area contributed by atoms with Gasteiger partial charge in [0.25, 0.3) is 0 Å². The quantitative estimate of drug-likeness (QED) is 0.382. The highest BCUT2D eigenvalue weighted by atomic mass is 14.0. The summed E-state index contributed by atoms with van der Waals surface area (Å²) in [4.78, 5) is 0. The molecule has 4 radical (unpaired) electrons. The molecular formula is C4H4. The third-order valence-corrected chi connectivity index (χ3v) is 0.444. The van der Waals surface area contributed by atoms with Crippen molar-refractivity contribution in [1.82, 2.24) is 0 Å². The second-order valence-electron chi connectivity index (χ2n) is 0.770. The average Bonchev–Trinajstić information content (AvgIpc) is 0.722. The molecule has 0 N–H and O–H groups in total. The molecule has 0 nitrogen and oxygen atoms in total. The summed E-state index contributed by atoms with van der Waals surface area (Å²) < 4.78 is 0. The summed E-state index contributed by atoms with van der Waals surface area (Å²) in [6.07, 6.45) is 8.00. The minimum absolute atomic E-state index is 2.00. The zero-order chi connectivity index (χ0) is 2.83. The van der Waals surface area contributed by atoms with Crippen LogP contribution in [0.25, 0.3) is 0 Å². The van der Waals surface area contributed by atoms with Crippen LogP contribution in [0.2, 0.25) is 0 Å². The largest absolute Gasteiger partial charge is 0.0312 e. The number of hydrogen-bond donors (Lipinski definition) is 0. The minimum atomic E-state index is 2.00. The summed E-state index contributed by atoms with van der Waals surface area (Å²) in [6.45, 7) is 0. The van der Waals surface area contributed by atoms with Gasteiger partial charge in [0.2, 0.25) is 0 Å². The minimum Gasteiger partial charge on any atom is -0.0312 e. The molecule has 0 heteroatoms. The summed E-state index contributed by atoms with van der Waals surface area (Å²) in [5, 5.41) is 0. The highest BCUT2D eigenvalue weighted by Crippen LogP contribution is 2.08. The first-order valence-electron chi connectivity index (χ1n) is 1.33. The van der Waals surface area contributed by atoms with Crippen molar-refractivity contribution in [3.05, 3.63) is 25.7 Å². The summed E-state index contributed by atoms with van der Waals surface area (Å²) in [6, 6.07) is 0. The molecule has 4 heavy (non-hydrogen) atoms. The van der Waals surface area contributed by atoms with E-state index in [2.05, 4.69) is 0 Å². The number of rotatable bonds is 0. The molecule has 1 aliphatic carbocycles. The highest BCUT2D eigenvalue weighted by molar-refractivity contribution is 5.24. The lowest BCUT2D eigenvalue weighted by Gasteiger charge is -2.03. The fourth-order valence-corrected chi connectivity index (χ4v) is 0.111. The normalized spacial score (nSPS) is 24.0. The molecule has 20 valence electrons. The number of hydrogen-bond acceptors (Lipinski definition) is 0. The fourth-order valence-electron chi connectivity index (χ4n) is 0.111. The lowest BCUT2D eigenvalue weighted by Crippen LogP contribution is -1.92. The van der Waals surface area contributed by atoms with Gasteiger partial charge >= 0.3 is 0 Å². The van der Waals surface area contributed by atoms with E-state index in [9.17, 15) is 0 Å². The van der Waals surface area contributed by atoms with Crippen molar-refractivity contribution in [2.45, 2.75) is 0 Å². The van der Waals surface area contributed by atoms with Crippen LogP contribution in [0.5, 0.6) is 0 Å². The van der Waals surface area contributed by atoms with Crippen molar-refractivity contribution in [3.63, 3.8) is 0 Å². The first kappa shape index (κ1) is 2.25. The zero-order valence-electron chi connectivity index (χ0n) is 2.31. The van der Waals surface area contributed by atoms with E-state index in [4.69, 9.17) is 0 Å². The second kappa shape index (κ2) is 0.750. The van der Waals surface area contributed by atoms with Gasteiger partial charge in [-0.05, 0) is 25.7 Å². The molecule has 1 saturated carbocycles. The van der Waals surface area contributed by atoms with Gasteiger partial charge < -0.3 is 0 Å². The van der Waals surface area contributed by atoms with E-state index in [-0.39, 0.29) is 0 Å². The molecule has 0 amide bonds. The van der Waals surface area contributed by atoms with Crippen molar-refractivity contribution in [2.75, 3.05) is 0 Å². The van der Waals surface area contributed by atoms with Gasteiger partial charge in [0.1, 0.15) is 0 Å². The predicted octanol–water partition coefficient (Wildman–Crippen LogP) is 0.817. The summed E-state index contributed by atoms with van der Waals surface area (Å²) in [5.74, 6) is 0. The Morgan fingerprint density at radius 3 is 0.750 bits per heavy atom. The lowest BCUT2D eigenvalue weighted by atomic mass is 10.0. The SMILES string of the molecule is [CH]1[CH][CH][CH]1. The molecule has 0 aliphatic heterocycles. The van der Waals surface area contributed by atoms with Gasteiger partial charge in [0, 0.05) is 0 Å². The third-order valence-electron chi connectivity index (χ3n) is 0.444. The molecule has 0 unspecified atom stereocenters. The molecule has 0 atom stereocenters. The zero-order valence-corrected chi connectivity index (χ0v) is 2.31. The van der Waals surface area contributed by atoms with Crippen LogP contribution in [-0.4, -0.2) is 0 Å². The first-order valence-corrected chi connectivity index (χ1v) is 1.33. The van der Waals surface area contributed by atoms with Crippen molar-refractivity contribution in [3.8, 4) is 0 Å². The van der Waals surface area contributed by atoms with Gasteiger partial charge in [-0.25, -0.2) is 0 Å². The summed E-state index contributed by atoms with van der Waals surface area (Å²) in [5.41, 5.74) is 0. The topological polar surface area (TPSA) is 0 Å². The average molecular weight is 52.1 g/mol. The Kier molecular flexibility index (Phi) is 0.422. The molecular weight excluding hydrogens is 48.0 g/mol. The Hall–Kier alpha value is 0. The van der Waals surface area contributed by atoms with Crippen LogP contribution in [0.1, 0.15) is 0 Å². The Morgan fingerprint density at radius 2 is 0.750 bits per heavy atom. The summed E-state index contributed by atoms with van der Waals surface area (Å²) in [7, 11) is 0. The molecule has 0 aromatic heterocycles. The molecule has 1 rings (SSSR count). The van der Waals surface area contributed by atoms with E-state index >= 15 is 0 Å².